The Morgan fingerprint density at radius 2 is 1.82 bits per heavy atom. The Labute approximate surface area is 232 Å². The number of aliphatic carboxylic acids is 1. The minimum Gasteiger partial charge on any atom is -0.494 e. The number of carboxylic acids is 1. The van der Waals surface area contributed by atoms with Gasteiger partial charge in [0, 0.05) is 39.2 Å². The van der Waals surface area contributed by atoms with E-state index >= 15 is 0 Å². The second-order valence-electron chi connectivity index (χ2n) is 9.94. The first kappa shape index (κ1) is 30.8. The van der Waals surface area contributed by atoms with Gasteiger partial charge in [0.2, 0.25) is 5.91 Å². The number of hydrogen-bond acceptors (Lipinski definition) is 8. The molecule has 0 bridgehead atoms. The SMILES string of the molecule is CCCOCCOCCOCCN1Cc2cc(OCCCCC3=NCCCN3)ccc2C[C@@H](CC(=O)O)C1=O. The first-order chi connectivity index (χ1) is 19.1. The van der Waals surface area contributed by atoms with Gasteiger partial charge in [-0.3, -0.25) is 14.6 Å². The number of nitrogens with zero attached hydrogens (tertiary/aromatic N) is 2. The molecule has 2 N–H and O–H groups in total. The van der Waals surface area contributed by atoms with Gasteiger partial charge in [-0.15, -0.1) is 0 Å². The van der Waals surface area contributed by atoms with Gasteiger partial charge >= 0.3 is 5.97 Å². The molecule has 0 radical (unpaired) electrons. The zero-order valence-electron chi connectivity index (χ0n) is 23.3. The van der Waals surface area contributed by atoms with E-state index in [1.165, 1.54) is 0 Å². The first-order valence-corrected chi connectivity index (χ1v) is 14.3. The lowest BCUT2D eigenvalue weighted by molar-refractivity contribution is -0.145. The summed E-state index contributed by atoms with van der Waals surface area (Å²) in [6.07, 6.45) is 5.17. The Kier molecular flexibility index (Phi) is 14.1. The zero-order chi connectivity index (χ0) is 27.7. The number of benzene rings is 1. The largest absolute Gasteiger partial charge is 0.494 e. The summed E-state index contributed by atoms with van der Waals surface area (Å²) in [5.74, 6) is 0.145. The van der Waals surface area contributed by atoms with Crippen LogP contribution in [0.1, 0.15) is 56.6 Å². The lowest BCUT2D eigenvalue weighted by atomic mass is 9.94. The number of aliphatic imine (C=N–C) groups is 1. The summed E-state index contributed by atoms with van der Waals surface area (Å²) >= 11 is 0. The van der Waals surface area contributed by atoms with Crippen molar-refractivity contribution in [2.24, 2.45) is 10.9 Å². The summed E-state index contributed by atoms with van der Waals surface area (Å²) in [6, 6.07) is 5.87. The molecule has 3 rings (SSSR count). The summed E-state index contributed by atoms with van der Waals surface area (Å²) in [7, 11) is 0. The Bertz CT molecular complexity index is 924. The van der Waals surface area contributed by atoms with Crippen molar-refractivity contribution >= 4 is 17.7 Å². The van der Waals surface area contributed by atoms with Crippen LogP contribution in [0, 0.1) is 5.92 Å². The molecule has 1 atom stereocenters. The molecule has 39 heavy (non-hydrogen) atoms. The quantitative estimate of drug-likeness (QED) is 0.254. The number of carboxylic acid groups (broad SMARTS) is 1. The molecular formula is C29H45N3O7. The molecule has 0 saturated carbocycles. The van der Waals surface area contributed by atoms with E-state index in [9.17, 15) is 14.7 Å². The minimum absolute atomic E-state index is 0.150. The van der Waals surface area contributed by atoms with Gasteiger partial charge < -0.3 is 34.3 Å². The van der Waals surface area contributed by atoms with Crippen molar-refractivity contribution in [1.29, 1.82) is 0 Å². The Morgan fingerprint density at radius 3 is 2.54 bits per heavy atom. The maximum atomic E-state index is 13.2. The van der Waals surface area contributed by atoms with Gasteiger partial charge in [0.25, 0.3) is 0 Å². The van der Waals surface area contributed by atoms with Crippen LogP contribution < -0.4 is 10.1 Å². The number of ether oxygens (including phenoxy) is 4. The van der Waals surface area contributed by atoms with Gasteiger partial charge in [-0.05, 0) is 55.4 Å². The number of carbonyl (C=O) groups is 2. The maximum absolute atomic E-state index is 13.2. The molecule has 1 aromatic rings. The van der Waals surface area contributed by atoms with Crippen molar-refractivity contribution in [3.8, 4) is 5.75 Å². The second kappa shape index (κ2) is 17.8. The van der Waals surface area contributed by atoms with Crippen LogP contribution in [0.4, 0.5) is 0 Å². The van der Waals surface area contributed by atoms with E-state index in [0.717, 1.165) is 74.5 Å². The minimum atomic E-state index is -0.970. The Hall–Kier alpha value is -2.69. The Balaban J connectivity index is 1.47. The predicted octanol–water partition coefficient (Wildman–Crippen LogP) is 3.06. The fraction of sp³-hybridized carbons (Fsp3) is 0.690. The van der Waals surface area contributed by atoms with E-state index in [1.54, 1.807) is 4.90 Å². The van der Waals surface area contributed by atoms with Gasteiger partial charge in [-0.25, -0.2) is 0 Å². The second-order valence-corrected chi connectivity index (χ2v) is 9.94. The first-order valence-electron chi connectivity index (χ1n) is 14.3. The van der Waals surface area contributed by atoms with Crippen molar-refractivity contribution in [3.05, 3.63) is 29.3 Å². The van der Waals surface area contributed by atoms with Crippen LogP contribution in [-0.4, -0.2) is 93.6 Å². The van der Waals surface area contributed by atoms with Crippen LogP contribution in [0.2, 0.25) is 0 Å². The van der Waals surface area contributed by atoms with Gasteiger partial charge in [0.1, 0.15) is 5.75 Å². The number of unbranched alkanes of at least 4 members (excludes halogenated alkanes) is 1. The standard InChI is InChI=1S/C29H45N3O7/c1-2-12-36-15-17-38-18-16-37-14-11-32-22-25-20-26(39-13-4-3-6-27-30-9-5-10-31-27)8-7-23(25)19-24(29(32)35)21-28(33)34/h7-8,20,24H,2-6,9-19,21-22H2,1H3,(H,30,31)(H,33,34)/t24-/m0/s1. The van der Waals surface area contributed by atoms with Gasteiger partial charge in [-0.2, -0.15) is 0 Å². The van der Waals surface area contributed by atoms with Crippen LogP contribution in [0.3, 0.4) is 0 Å². The molecule has 0 unspecified atom stereocenters. The fourth-order valence-corrected chi connectivity index (χ4v) is 4.69. The third-order valence-corrected chi connectivity index (χ3v) is 6.73. The normalized spacial score (nSPS) is 17.3. The number of nitrogens with one attached hydrogen (secondary N) is 1. The van der Waals surface area contributed by atoms with E-state index in [2.05, 4.69) is 17.2 Å². The smallest absolute Gasteiger partial charge is 0.304 e. The summed E-state index contributed by atoms with van der Waals surface area (Å²) in [4.78, 5) is 30.9. The van der Waals surface area contributed by atoms with E-state index in [1.807, 2.05) is 18.2 Å². The molecule has 0 aliphatic carbocycles. The van der Waals surface area contributed by atoms with Crippen molar-refractivity contribution in [1.82, 2.24) is 10.2 Å². The average molecular weight is 548 g/mol. The molecule has 1 amide bonds. The summed E-state index contributed by atoms with van der Waals surface area (Å²) in [5.41, 5.74) is 1.98. The number of carbonyl (C=O) groups excluding carboxylic acids is 1. The summed E-state index contributed by atoms with van der Waals surface area (Å²) in [5, 5.41) is 12.7. The molecule has 0 fully saturated rings. The highest BCUT2D eigenvalue weighted by atomic mass is 16.5. The molecule has 0 spiro atoms. The van der Waals surface area contributed by atoms with Gasteiger partial charge in [0.05, 0.1) is 57.8 Å². The number of rotatable bonds is 19. The lowest BCUT2D eigenvalue weighted by Crippen LogP contribution is -2.37. The molecule has 10 nitrogen and oxygen atoms in total. The fourth-order valence-electron chi connectivity index (χ4n) is 4.69. The molecule has 2 aliphatic heterocycles. The van der Waals surface area contributed by atoms with Crippen LogP contribution in [0.15, 0.2) is 23.2 Å². The summed E-state index contributed by atoms with van der Waals surface area (Å²) in [6.45, 7) is 8.45. The number of fused-ring (bicyclic) bond motifs is 1. The Morgan fingerprint density at radius 1 is 1.05 bits per heavy atom. The molecule has 1 aromatic carbocycles. The van der Waals surface area contributed by atoms with E-state index in [-0.39, 0.29) is 12.3 Å². The van der Waals surface area contributed by atoms with Crippen molar-refractivity contribution in [3.63, 3.8) is 0 Å². The monoisotopic (exact) mass is 547 g/mol. The lowest BCUT2D eigenvalue weighted by Gasteiger charge is -2.24. The molecular weight excluding hydrogens is 502 g/mol. The van der Waals surface area contributed by atoms with Crippen LogP contribution in [0.5, 0.6) is 5.75 Å². The molecule has 10 heteroatoms. The third kappa shape index (κ3) is 11.5. The highest BCUT2D eigenvalue weighted by molar-refractivity contribution is 5.84. The predicted molar refractivity (Wildman–Crippen MR) is 148 cm³/mol. The molecule has 2 aliphatic rings. The molecule has 0 aromatic heterocycles. The van der Waals surface area contributed by atoms with Crippen molar-refractivity contribution in [2.75, 3.05) is 65.9 Å². The molecule has 2 heterocycles. The van der Waals surface area contributed by atoms with Crippen LogP contribution in [0.25, 0.3) is 0 Å². The number of amidine groups is 1. The van der Waals surface area contributed by atoms with Crippen LogP contribution in [-0.2, 0) is 36.8 Å². The third-order valence-electron chi connectivity index (χ3n) is 6.73. The zero-order valence-corrected chi connectivity index (χ0v) is 23.3. The topological polar surface area (TPSA) is 119 Å². The van der Waals surface area contributed by atoms with Gasteiger partial charge in [0.15, 0.2) is 0 Å². The van der Waals surface area contributed by atoms with Crippen molar-refractivity contribution in [2.45, 2.75) is 58.4 Å². The van der Waals surface area contributed by atoms with Crippen LogP contribution >= 0.6 is 0 Å². The number of hydrogen-bond donors (Lipinski definition) is 2. The molecule has 218 valence electrons. The van der Waals surface area contributed by atoms with Gasteiger partial charge in [-0.1, -0.05) is 13.0 Å². The summed E-state index contributed by atoms with van der Waals surface area (Å²) < 4.78 is 22.6. The highest BCUT2D eigenvalue weighted by Crippen LogP contribution is 2.28. The number of amides is 1. The molecule has 0 saturated heterocycles. The van der Waals surface area contributed by atoms with E-state index in [4.69, 9.17) is 18.9 Å². The van der Waals surface area contributed by atoms with E-state index < -0.39 is 11.9 Å². The average Bonchev–Trinajstić information content (AvgIpc) is 3.05. The van der Waals surface area contributed by atoms with Crippen molar-refractivity contribution < 1.29 is 33.6 Å². The maximum Gasteiger partial charge on any atom is 0.304 e. The van der Waals surface area contributed by atoms with E-state index in [0.29, 0.717) is 59.2 Å². The highest BCUT2D eigenvalue weighted by Gasteiger charge is 2.31.